The highest BCUT2D eigenvalue weighted by Crippen LogP contribution is 2.08. The number of aliphatic carboxylic acids is 1. The molecule has 100 valence electrons. The molecule has 0 spiro atoms. The second-order valence-electron chi connectivity index (χ2n) is 4.66. The summed E-state index contributed by atoms with van der Waals surface area (Å²) in [7, 11) is 0. The van der Waals surface area contributed by atoms with Crippen LogP contribution in [0.3, 0.4) is 0 Å². The summed E-state index contributed by atoms with van der Waals surface area (Å²) in [5.74, 6) is 0.0262. The van der Waals surface area contributed by atoms with E-state index in [1.54, 1.807) is 6.20 Å². The molecule has 0 radical (unpaired) electrons. The Hall–Kier alpha value is -1.49. The van der Waals surface area contributed by atoms with E-state index in [0.29, 0.717) is 12.5 Å². The van der Waals surface area contributed by atoms with Crippen LogP contribution in [0, 0.1) is 6.92 Å². The molecule has 1 aromatic rings. The number of carbonyl (C=O) groups is 1. The van der Waals surface area contributed by atoms with Gasteiger partial charge >= 0.3 is 5.97 Å². The van der Waals surface area contributed by atoms with Gasteiger partial charge in [-0.3, -0.25) is 9.69 Å². The number of hydrogen-bond donors (Lipinski definition) is 1. The first-order valence-electron chi connectivity index (χ1n) is 6.23. The maximum absolute atomic E-state index is 10.5. The van der Waals surface area contributed by atoms with Crippen molar-refractivity contribution in [1.29, 1.82) is 0 Å². The van der Waals surface area contributed by atoms with Crippen LogP contribution in [-0.4, -0.2) is 38.5 Å². The zero-order valence-corrected chi connectivity index (χ0v) is 11.3. The lowest BCUT2D eigenvalue weighted by molar-refractivity contribution is -0.137. The van der Waals surface area contributed by atoms with E-state index in [0.717, 1.165) is 24.6 Å². The Kier molecular flexibility index (Phi) is 5.71. The molecule has 18 heavy (non-hydrogen) atoms. The molecule has 1 rings (SSSR count). The van der Waals surface area contributed by atoms with E-state index in [1.807, 2.05) is 13.0 Å². The van der Waals surface area contributed by atoms with Crippen LogP contribution in [0.25, 0.3) is 0 Å². The number of carboxylic acid groups (broad SMARTS) is 1. The molecule has 1 N–H and O–H groups in total. The summed E-state index contributed by atoms with van der Waals surface area (Å²) >= 11 is 0. The summed E-state index contributed by atoms with van der Waals surface area (Å²) in [6.45, 7) is 7.59. The van der Waals surface area contributed by atoms with Crippen LogP contribution in [0.5, 0.6) is 0 Å². The first-order chi connectivity index (χ1) is 8.49. The molecule has 0 unspecified atom stereocenters. The lowest BCUT2D eigenvalue weighted by Crippen LogP contribution is -2.32. The first-order valence-corrected chi connectivity index (χ1v) is 6.23. The fraction of sp³-hybridized carbons (Fsp3) is 0.615. The van der Waals surface area contributed by atoms with Crippen LogP contribution in [0.4, 0.5) is 0 Å². The number of carboxylic acids is 1. The van der Waals surface area contributed by atoms with Gasteiger partial charge in [-0.15, -0.1) is 0 Å². The molecule has 0 saturated heterocycles. The third-order valence-electron chi connectivity index (χ3n) is 2.77. The Labute approximate surface area is 108 Å². The van der Waals surface area contributed by atoms with Gasteiger partial charge < -0.3 is 5.11 Å². The molecule has 0 amide bonds. The van der Waals surface area contributed by atoms with Crippen molar-refractivity contribution in [3.8, 4) is 0 Å². The van der Waals surface area contributed by atoms with Crippen LogP contribution >= 0.6 is 0 Å². The fourth-order valence-electron chi connectivity index (χ4n) is 1.75. The lowest BCUT2D eigenvalue weighted by atomic mass is 10.2. The normalized spacial score (nSPS) is 11.2. The smallest absolute Gasteiger partial charge is 0.303 e. The summed E-state index contributed by atoms with van der Waals surface area (Å²) in [5, 5.41) is 8.65. The van der Waals surface area contributed by atoms with Crippen molar-refractivity contribution < 1.29 is 9.90 Å². The number of hydrogen-bond acceptors (Lipinski definition) is 4. The van der Waals surface area contributed by atoms with E-state index in [1.165, 1.54) is 0 Å². The molecule has 0 fully saturated rings. The summed E-state index contributed by atoms with van der Waals surface area (Å²) in [5.41, 5.74) is 0.978. The molecule has 0 saturated carbocycles. The van der Waals surface area contributed by atoms with E-state index in [-0.39, 0.29) is 6.42 Å². The maximum atomic E-state index is 10.5. The molecule has 0 bridgehead atoms. The average molecular weight is 251 g/mol. The molecule has 0 aliphatic carbocycles. The Balaban J connectivity index is 2.54. The highest BCUT2D eigenvalue weighted by Gasteiger charge is 2.11. The number of nitrogens with zero attached hydrogens (tertiary/aromatic N) is 3. The molecule has 1 heterocycles. The van der Waals surface area contributed by atoms with Gasteiger partial charge in [-0.25, -0.2) is 9.97 Å². The van der Waals surface area contributed by atoms with Gasteiger partial charge in [0.25, 0.3) is 0 Å². The average Bonchev–Trinajstić information content (AvgIpc) is 2.27. The Morgan fingerprint density at radius 3 is 2.78 bits per heavy atom. The minimum Gasteiger partial charge on any atom is -0.481 e. The van der Waals surface area contributed by atoms with Gasteiger partial charge in [0.05, 0.1) is 5.69 Å². The van der Waals surface area contributed by atoms with Crippen LogP contribution < -0.4 is 0 Å². The van der Waals surface area contributed by atoms with Gasteiger partial charge in [-0.1, -0.05) is 0 Å². The van der Waals surface area contributed by atoms with Crippen molar-refractivity contribution in [2.45, 2.75) is 46.2 Å². The standard InChI is InChI=1S/C13H21N3O2/c1-10(2)16(8-4-5-13(17)18)9-12-6-7-14-11(3)15-12/h6-7,10H,4-5,8-9H2,1-3H3,(H,17,18). The molecule has 0 aliphatic heterocycles. The maximum Gasteiger partial charge on any atom is 0.303 e. The number of rotatable bonds is 7. The van der Waals surface area contributed by atoms with Crippen LogP contribution in [0.1, 0.15) is 38.2 Å². The van der Waals surface area contributed by atoms with E-state index < -0.39 is 5.97 Å². The monoisotopic (exact) mass is 251 g/mol. The van der Waals surface area contributed by atoms with E-state index in [4.69, 9.17) is 5.11 Å². The molecule has 0 aromatic carbocycles. The van der Waals surface area contributed by atoms with E-state index >= 15 is 0 Å². The lowest BCUT2D eigenvalue weighted by Gasteiger charge is -2.25. The van der Waals surface area contributed by atoms with E-state index in [9.17, 15) is 4.79 Å². The Bertz CT molecular complexity index is 394. The zero-order chi connectivity index (χ0) is 13.5. The van der Waals surface area contributed by atoms with Crippen molar-refractivity contribution in [3.63, 3.8) is 0 Å². The highest BCUT2D eigenvalue weighted by molar-refractivity contribution is 5.66. The quantitative estimate of drug-likeness (QED) is 0.801. The van der Waals surface area contributed by atoms with Gasteiger partial charge in [0.15, 0.2) is 0 Å². The zero-order valence-electron chi connectivity index (χ0n) is 11.3. The highest BCUT2D eigenvalue weighted by atomic mass is 16.4. The van der Waals surface area contributed by atoms with Gasteiger partial charge in [0, 0.05) is 25.2 Å². The van der Waals surface area contributed by atoms with Crippen molar-refractivity contribution >= 4 is 5.97 Å². The molecule has 0 aliphatic rings. The minimum atomic E-state index is -0.739. The van der Waals surface area contributed by atoms with E-state index in [2.05, 4.69) is 28.7 Å². The molecule has 5 nitrogen and oxygen atoms in total. The molecule has 5 heteroatoms. The van der Waals surface area contributed by atoms with Crippen molar-refractivity contribution in [3.05, 3.63) is 23.8 Å². The molecule has 1 aromatic heterocycles. The summed E-state index contributed by atoms with van der Waals surface area (Å²) in [4.78, 5) is 21.2. The SMILES string of the molecule is Cc1nccc(CN(CCCC(=O)O)C(C)C)n1. The van der Waals surface area contributed by atoms with Gasteiger partial charge in [0.2, 0.25) is 0 Å². The Morgan fingerprint density at radius 2 is 2.22 bits per heavy atom. The third-order valence-corrected chi connectivity index (χ3v) is 2.77. The second-order valence-corrected chi connectivity index (χ2v) is 4.66. The second kappa shape index (κ2) is 7.06. The molecular weight excluding hydrogens is 230 g/mol. The van der Waals surface area contributed by atoms with Crippen LogP contribution in [0.15, 0.2) is 12.3 Å². The summed E-state index contributed by atoms with van der Waals surface area (Å²) < 4.78 is 0. The Morgan fingerprint density at radius 1 is 1.50 bits per heavy atom. The first kappa shape index (κ1) is 14.6. The fourth-order valence-corrected chi connectivity index (χ4v) is 1.75. The largest absolute Gasteiger partial charge is 0.481 e. The third kappa shape index (κ3) is 5.23. The molecular formula is C13H21N3O2. The summed E-state index contributed by atoms with van der Waals surface area (Å²) in [6, 6.07) is 2.27. The topological polar surface area (TPSA) is 66.3 Å². The van der Waals surface area contributed by atoms with Crippen molar-refractivity contribution in [1.82, 2.24) is 14.9 Å². The number of aromatic nitrogens is 2. The van der Waals surface area contributed by atoms with Crippen LogP contribution in [0.2, 0.25) is 0 Å². The number of aryl methyl sites for hydroxylation is 1. The van der Waals surface area contributed by atoms with Gasteiger partial charge in [0.1, 0.15) is 5.82 Å². The van der Waals surface area contributed by atoms with Crippen LogP contribution in [-0.2, 0) is 11.3 Å². The van der Waals surface area contributed by atoms with Gasteiger partial charge in [-0.2, -0.15) is 0 Å². The van der Waals surface area contributed by atoms with Gasteiger partial charge in [-0.05, 0) is 39.8 Å². The molecule has 0 atom stereocenters. The minimum absolute atomic E-state index is 0.214. The predicted molar refractivity (Wildman–Crippen MR) is 69.2 cm³/mol. The summed E-state index contributed by atoms with van der Waals surface area (Å²) in [6.07, 6.45) is 2.64. The predicted octanol–water partition coefficient (Wildman–Crippen LogP) is 1.86. The van der Waals surface area contributed by atoms with Crippen molar-refractivity contribution in [2.24, 2.45) is 0 Å². The van der Waals surface area contributed by atoms with Crippen molar-refractivity contribution in [2.75, 3.05) is 6.54 Å².